The van der Waals surface area contributed by atoms with Crippen molar-refractivity contribution >= 4 is 0 Å². The molecule has 1 aliphatic rings. The lowest BCUT2D eigenvalue weighted by atomic mass is 9.98. The maximum atomic E-state index is 4.33. The molecule has 132 valence electrons. The van der Waals surface area contributed by atoms with Crippen LogP contribution in [0.15, 0.2) is 35.6 Å². The second-order valence-electron chi connectivity index (χ2n) is 8.24. The van der Waals surface area contributed by atoms with E-state index in [1.165, 1.54) is 61.9 Å². The average Bonchev–Trinajstić information content (AvgIpc) is 3.06. The largest absolute Gasteiger partial charge is 0.372 e. The van der Waals surface area contributed by atoms with Crippen LogP contribution in [0.3, 0.4) is 0 Å². The van der Waals surface area contributed by atoms with Crippen molar-refractivity contribution in [2.24, 2.45) is 11.3 Å². The van der Waals surface area contributed by atoms with Crippen molar-refractivity contribution in [1.29, 1.82) is 0 Å². The lowest BCUT2D eigenvalue weighted by Gasteiger charge is -2.27. The average molecular weight is 318 g/mol. The Bertz CT molecular complexity index is 435. The van der Waals surface area contributed by atoms with Gasteiger partial charge in [0.2, 0.25) is 0 Å². The first-order valence-electron chi connectivity index (χ1n) is 9.50. The first kappa shape index (κ1) is 20.1. The van der Waals surface area contributed by atoms with Gasteiger partial charge in [-0.1, -0.05) is 50.5 Å². The summed E-state index contributed by atoms with van der Waals surface area (Å²) >= 11 is 0. The fourth-order valence-corrected chi connectivity index (χ4v) is 3.38. The quantitative estimate of drug-likeness (QED) is 0.232. The van der Waals surface area contributed by atoms with Gasteiger partial charge in [0.15, 0.2) is 0 Å². The Morgan fingerprint density at radius 2 is 1.87 bits per heavy atom. The van der Waals surface area contributed by atoms with Crippen LogP contribution < -0.4 is 0 Å². The maximum absolute atomic E-state index is 4.33. The third-order valence-electron chi connectivity index (χ3n) is 5.14. The third-order valence-corrected chi connectivity index (χ3v) is 5.14. The Labute approximate surface area is 145 Å². The smallest absolute Gasteiger partial charge is 0.0292 e. The number of hydrogen-bond donors (Lipinski definition) is 0. The van der Waals surface area contributed by atoms with Crippen molar-refractivity contribution in [3.63, 3.8) is 0 Å². The third kappa shape index (κ3) is 7.42. The van der Waals surface area contributed by atoms with Crippen molar-refractivity contribution in [2.75, 3.05) is 13.1 Å². The van der Waals surface area contributed by atoms with Gasteiger partial charge in [-0.2, -0.15) is 0 Å². The van der Waals surface area contributed by atoms with E-state index in [0.717, 1.165) is 12.5 Å². The Kier molecular flexibility index (Phi) is 8.16. The zero-order valence-electron chi connectivity index (χ0n) is 16.5. The summed E-state index contributed by atoms with van der Waals surface area (Å²) in [6.45, 7) is 20.2. The normalized spacial score (nSPS) is 22.4. The highest BCUT2D eigenvalue weighted by molar-refractivity contribution is 5.18. The minimum absolute atomic E-state index is 0.556. The number of rotatable bonds is 11. The molecule has 2 unspecified atom stereocenters. The predicted molar refractivity (Wildman–Crippen MR) is 105 cm³/mol. The summed E-state index contributed by atoms with van der Waals surface area (Å²) in [4.78, 5) is 2.54. The topological polar surface area (TPSA) is 3.24 Å². The second kappa shape index (κ2) is 9.35. The molecule has 1 aliphatic carbocycles. The Balaban J connectivity index is 2.55. The molecule has 0 heterocycles. The van der Waals surface area contributed by atoms with Crippen LogP contribution in [0.1, 0.15) is 80.1 Å². The molecule has 0 radical (unpaired) electrons. The first-order chi connectivity index (χ1) is 10.8. The monoisotopic (exact) mass is 317 g/mol. The highest BCUT2D eigenvalue weighted by atomic mass is 15.1. The number of hydrogen-bond acceptors (Lipinski definition) is 1. The Morgan fingerprint density at radius 1 is 1.17 bits per heavy atom. The summed E-state index contributed by atoms with van der Waals surface area (Å²) in [7, 11) is 0. The molecule has 0 bridgehead atoms. The lowest BCUT2D eigenvalue weighted by Crippen LogP contribution is -2.27. The van der Waals surface area contributed by atoms with Crippen molar-refractivity contribution < 1.29 is 0 Å². The van der Waals surface area contributed by atoms with E-state index in [1.807, 2.05) is 0 Å². The van der Waals surface area contributed by atoms with E-state index in [9.17, 15) is 0 Å². The van der Waals surface area contributed by atoms with Gasteiger partial charge in [-0.25, -0.2) is 0 Å². The molecule has 0 aromatic heterocycles. The van der Waals surface area contributed by atoms with E-state index in [4.69, 9.17) is 0 Å². The highest BCUT2D eigenvalue weighted by Crippen LogP contribution is 2.56. The summed E-state index contributed by atoms with van der Waals surface area (Å²) < 4.78 is 0. The molecule has 2 atom stereocenters. The lowest BCUT2D eigenvalue weighted by molar-refractivity contribution is 0.304. The molecule has 0 saturated heterocycles. The summed E-state index contributed by atoms with van der Waals surface area (Å²) in [6, 6.07) is 0. The molecule has 1 heteroatoms. The standard InChI is InChI=1S/C22H39N/c1-8-9-10-14-23(20(6)15-19(4)5)17-21-16-22(21,7)13-11-12-18(2)3/h12,15,21H,6,8-11,13-14,16-17H2,1-5,7H3. The van der Waals surface area contributed by atoms with Crippen LogP contribution in [0.2, 0.25) is 0 Å². The number of allylic oxidation sites excluding steroid dienone is 4. The van der Waals surface area contributed by atoms with Crippen LogP contribution in [0, 0.1) is 11.3 Å². The van der Waals surface area contributed by atoms with Gasteiger partial charge in [0.1, 0.15) is 0 Å². The van der Waals surface area contributed by atoms with Crippen LogP contribution in [-0.4, -0.2) is 18.0 Å². The molecular formula is C22H39N. The zero-order valence-corrected chi connectivity index (χ0v) is 16.5. The van der Waals surface area contributed by atoms with Gasteiger partial charge < -0.3 is 4.90 Å². The van der Waals surface area contributed by atoms with Crippen LogP contribution in [-0.2, 0) is 0 Å². The van der Waals surface area contributed by atoms with E-state index in [2.05, 4.69) is 65.2 Å². The minimum Gasteiger partial charge on any atom is -0.372 e. The maximum Gasteiger partial charge on any atom is 0.0292 e. The highest BCUT2D eigenvalue weighted by Gasteiger charge is 2.49. The molecular weight excluding hydrogens is 278 g/mol. The van der Waals surface area contributed by atoms with Crippen molar-refractivity contribution in [2.45, 2.75) is 80.1 Å². The van der Waals surface area contributed by atoms with Gasteiger partial charge in [0, 0.05) is 18.8 Å². The summed E-state index contributed by atoms with van der Waals surface area (Å²) in [5, 5.41) is 0. The molecule has 1 nitrogen and oxygen atoms in total. The SMILES string of the molecule is C=C(C=C(C)C)N(CCCCC)CC1CC1(C)CCC=C(C)C. The van der Waals surface area contributed by atoms with Gasteiger partial charge in [-0.3, -0.25) is 0 Å². The number of nitrogens with zero attached hydrogens (tertiary/aromatic N) is 1. The first-order valence-corrected chi connectivity index (χ1v) is 9.50. The van der Waals surface area contributed by atoms with Gasteiger partial charge in [-0.15, -0.1) is 0 Å². The van der Waals surface area contributed by atoms with Crippen LogP contribution >= 0.6 is 0 Å². The van der Waals surface area contributed by atoms with E-state index in [-0.39, 0.29) is 0 Å². The zero-order chi connectivity index (χ0) is 17.5. The molecule has 1 rings (SSSR count). The minimum atomic E-state index is 0.556. The Hall–Kier alpha value is -0.980. The molecule has 23 heavy (non-hydrogen) atoms. The van der Waals surface area contributed by atoms with Crippen LogP contribution in [0.25, 0.3) is 0 Å². The van der Waals surface area contributed by atoms with Crippen LogP contribution in [0.4, 0.5) is 0 Å². The van der Waals surface area contributed by atoms with Crippen LogP contribution in [0.5, 0.6) is 0 Å². The molecule has 1 saturated carbocycles. The summed E-state index contributed by atoms with van der Waals surface area (Å²) in [5.74, 6) is 0.844. The summed E-state index contributed by atoms with van der Waals surface area (Å²) in [5.41, 5.74) is 4.56. The second-order valence-corrected chi connectivity index (χ2v) is 8.24. The van der Waals surface area contributed by atoms with Gasteiger partial charge in [-0.05, 0) is 70.8 Å². The van der Waals surface area contributed by atoms with E-state index in [1.54, 1.807) is 0 Å². The van der Waals surface area contributed by atoms with Gasteiger partial charge in [0.05, 0.1) is 0 Å². The number of unbranched alkanes of at least 4 members (excludes halogenated alkanes) is 2. The predicted octanol–water partition coefficient (Wildman–Crippen LogP) is 6.73. The van der Waals surface area contributed by atoms with E-state index >= 15 is 0 Å². The molecule has 0 aromatic carbocycles. The molecule has 1 fully saturated rings. The Morgan fingerprint density at radius 3 is 2.43 bits per heavy atom. The van der Waals surface area contributed by atoms with Crippen molar-refractivity contribution in [3.8, 4) is 0 Å². The summed E-state index contributed by atoms with van der Waals surface area (Å²) in [6.07, 6.45) is 12.5. The van der Waals surface area contributed by atoms with E-state index < -0.39 is 0 Å². The molecule has 0 aromatic rings. The van der Waals surface area contributed by atoms with Crippen molar-refractivity contribution in [3.05, 3.63) is 35.6 Å². The molecule has 0 spiro atoms. The fraction of sp³-hybridized carbons (Fsp3) is 0.727. The fourth-order valence-electron chi connectivity index (χ4n) is 3.38. The van der Waals surface area contributed by atoms with Gasteiger partial charge >= 0.3 is 0 Å². The molecule has 0 N–H and O–H groups in total. The van der Waals surface area contributed by atoms with Gasteiger partial charge in [0.25, 0.3) is 0 Å². The molecule has 0 amide bonds. The van der Waals surface area contributed by atoms with E-state index in [0.29, 0.717) is 5.41 Å². The van der Waals surface area contributed by atoms with Crippen molar-refractivity contribution in [1.82, 2.24) is 4.90 Å². The molecule has 0 aliphatic heterocycles.